The summed E-state index contributed by atoms with van der Waals surface area (Å²) in [6.07, 6.45) is -4.30. The van der Waals surface area contributed by atoms with Crippen LogP contribution in [0, 0.1) is 10.1 Å². The predicted octanol–water partition coefficient (Wildman–Crippen LogP) is 5.86. The monoisotopic (exact) mass is 527 g/mol. The van der Waals surface area contributed by atoms with Crippen LogP contribution in [0.1, 0.15) is 26.3 Å². The molecule has 2 aromatic carbocycles. The first-order chi connectivity index (χ1) is 16.7. The van der Waals surface area contributed by atoms with E-state index in [9.17, 15) is 28.1 Å². The Bertz CT molecular complexity index is 1300. The molecule has 36 heavy (non-hydrogen) atoms. The third-order valence-electron chi connectivity index (χ3n) is 4.48. The zero-order valence-corrected chi connectivity index (χ0v) is 20.0. The van der Waals surface area contributed by atoms with Gasteiger partial charge in [0.05, 0.1) is 33.6 Å². The number of hydrogen-bond donors (Lipinski definition) is 2. The number of nitro groups is 1. The Balaban J connectivity index is 1.87. The van der Waals surface area contributed by atoms with Crippen molar-refractivity contribution in [3.63, 3.8) is 0 Å². The third kappa shape index (κ3) is 6.84. The number of hydrogen-bond acceptors (Lipinski definition) is 8. The molecule has 0 bridgehead atoms. The van der Waals surface area contributed by atoms with Crippen molar-refractivity contribution in [3.05, 3.63) is 57.4 Å². The zero-order chi connectivity index (χ0) is 26.7. The molecule has 0 saturated heterocycles. The summed E-state index contributed by atoms with van der Waals surface area (Å²) in [7, 11) is 0. The number of alkyl carbamates (subject to hydrolysis) is 1. The van der Waals surface area contributed by atoms with Gasteiger partial charge in [-0.1, -0.05) is 11.6 Å². The van der Waals surface area contributed by atoms with Gasteiger partial charge in [0.1, 0.15) is 24.4 Å². The molecule has 192 valence electrons. The van der Waals surface area contributed by atoms with Gasteiger partial charge in [-0.25, -0.2) is 14.8 Å². The molecule has 0 spiro atoms. The second-order valence-electron chi connectivity index (χ2n) is 8.41. The number of carbonyl (C=O) groups is 1. The largest absolute Gasteiger partial charge is 0.485 e. The lowest BCUT2D eigenvalue weighted by atomic mass is 10.1. The average Bonchev–Trinajstić information content (AvgIpc) is 2.75. The molecule has 3 rings (SSSR count). The smallest absolute Gasteiger partial charge is 0.418 e. The van der Waals surface area contributed by atoms with E-state index in [1.54, 1.807) is 20.8 Å². The van der Waals surface area contributed by atoms with Crippen LogP contribution in [0.3, 0.4) is 0 Å². The number of fused-ring (bicyclic) bond motifs is 1. The van der Waals surface area contributed by atoms with Crippen molar-refractivity contribution in [2.45, 2.75) is 32.5 Å². The van der Waals surface area contributed by atoms with Gasteiger partial charge >= 0.3 is 18.0 Å². The van der Waals surface area contributed by atoms with Crippen molar-refractivity contribution >= 4 is 45.8 Å². The number of alkyl halides is 3. The first-order valence-corrected chi connectivity index (χ1v) is 10.8. The summed E-state index contributed by atoms with van der Waals surface area (Å²) in [5, 5.41) is 16.7. The molecule has 2 N–H and O–H groups in total. The number of anilines is 2. The number of nitrogens with zero attached hydrogens (tertiary/aromatic N) is 3. The summed E-state index contributed by atoms with van der Waals surface area (Å²) in [4.78, 5) is 30.7. The van der Waals surface area contributed by atoms with Gasteiger partial charge in [-0.2, -0.15) is 13.2 Å². The normalized spacial score (nSPS) is 11.8. The second-order valence-corrected chi connectivity index (χ2v) is 8.84. The summed E-state index contributed by atoms with van der Waals surface area (Å²) >= 11 is 5.72. The van der Waals surface area contributed by atoms with Gasteiger partial charge in [-0.3, -0.25) is 10.1 Å². The third-order valence-corrected chi connectivity index (χ3v) is 4.72. The maximum atomic E-state index is 13.5. The van der Waals surface area contributed by atoms with E-state index in [2.05, 4.69) is 20.6 Å². The van der Waals surface area contributed by atoms with Gasteiger partial charge in [0, 0.05) is 17.2 Å². The molecule has 0 unspecified atom stereocenters. The highest BCUT2D eigenvalue weighted by Crippen LogP contribution is 2.39. The molecule has 0 aliphatic heterocycles. The standard InChI is InChI=1S/C22H21ClF3N5O5/c1-21(2,3)36-20(32)27-6-7-35-18-10-16-13(9-17(18)31(33)34)19(29-11-28-16)30-15-5-4-12(23)8-14(15)22(24,25)26/h4-5,8-11H,6-7H2,1-3H3,(H,27,32)(H,28,29,30). The summed E-state index contributed by atoms with van der Waals surface area (Å²) in [5.74, 6) is -0.236. The minimum atomic E-state index is -4.71. The molecule has 0 aliphatic carbocycles. The van der Waals surface area contributed by atoms with Crippen molar-refractivity contribution in [2.75, 3.05) is 18.5 Å². The van der Waals surface area contributed by atoms with Gasteiger partial charge in [-0.15, -0.1) is 0 Å². The Labute approximate surface area is 207 Å². The molecule has 10 nitrogen and oxygen atoms in total. The van der Waals surface area contributed by atoms with Gasteiger partial charge < -0.3 is 20.1 Å². The number of rotatable bonds is 7. The lowest BCUT2D eigenvalue weighted by molar-refractivity contribution is -0.385. The fourth-order valence-corrected chi connectivity index (χ4v) is 3.22. The Morgan fingerprint density at radius 1 is 1.17 bits per heavy atom. The molecule has 3 aromatic rings. The van der Waals surface area contributed by atoms with Crippen molar-refractivity contribution in [2.24, 2.45) is 0 Å². The van der Waals surface area contributed by atoms with Crippen LogP contribution in [0.5, 0.6) is 5.75 Å². The molecular formula is C22H21ClF3N5O5. The molecule has 0 radical (unpaired) electrons. The molecule has 0 fully saturated rings. The van der Waals surface area contributed by atoms with Gasteiger partial charge in [0.2, 0.25) is 0 Å². The summed E-state index contributed by atoms with van der Waals surface area (Å²) in [5.41, 5.74) is -2.36. The first-order valence-electron chi connectivity index (χ1n) is 10.4. The van der Waals surface area contributed by atoms with Crippen molar-refractivity contribution in [1.82, 2.24) is 15.3 Å². The van der Waals surface area contributed by atoms with Crippen molar-refractivity contribution in [1.29, 1.82) is 0 Å². The SMILES string of the molecule is CC(C)(C)OC(=O)NCCOc1cc2ncnc(Nc3ccc(Cl)cc3C(F)(F)F)c2cc1[N+](=O)[O-]. The number of ether oxygens (including phenoxy) is 2. The molecule has 0 atom stereocenters. The van der Waals surface area contributed by atoms with Crippen LogP contribution < -0.4 is 15.4 Å². The van der Waals surface area contributed by atoms with Crippen LogP contribution in [0.4, 0.5) is 35.2 Å². The van der Waals surface area contributed by atoms with Crippen LogP contribution in [-0.2, 0) is 10.9 Å². The summed E-state index contributed by atoms with van der Waals surface area (Å²) in [6.45, 7) is 4.97. The van der Waals surface area contributed by atoms with E-state index in [4.69, 9.17) is 21.1 Å². The highest BCUT2D eigenvalue weighted by atomic mass is 35.5. The first kappa shape index (κ1) is 26.7. The van der Waals surface area contributed by atoms with Gasteiger partial charge in [-0.05, 0) is 39.0 Å². The van der Waals surface area contributed by atoms with Crippen LogP contribution in [0.15, 0.2) is 36.7 Å². The van der Waals surface area contributed by atoms with E-state index in [-0.39, 0.29) is 46.3 Å². The minimum absolute atomic E-state index is 0.00251. The minimum Gasteiger partial charge on any atom is -0.485 e. The van der Waals surface area contributed by atoms with Gasteiger partial charge in [0.25, 0.3) is 0 Å². The highest BCUT2D eigenvalue weighted by molar-refractivity contribution is 6.30. The van der Waals surface area contributed by atoms with E-state index in [1.807, 2.05) is 0 Å². The molecule has 0 saturated carbocycles. The second kappa shape index (κ2) is 10.4. The molecule has 14 heteroatoms. The fraction of sp³-hybridized carbons (Fsp3) is 0.318. The molecular weight excluding hydrogens is 507 g/mol. The molecule has 0 aliphatic rings. The lowest BCUT2D eigenvalue weighted by Crippen LogP contribution is -2.34. The quantitative estimate of drug-likeness (QED) is 0.222. The topological polar surface area (TPSA) is 129 Å². The Kier molecular flexibility index (Phi) is 7.72. The van der Waals surface area contributed by atoms with Crippen LogP contribution >= 0.6 is 11.6 Å². The lowest BCUT2D eigenvalue weighted by Gasteiger charge is -2.19. The Morgan fingerprint density at radius 3 is 2.53 bits per heavy atom. The number of nitro benzene ring substituents is 1. The van der Waals surface area contributed by atoms with E-state index in [1.165, 1.54) is 12.1 Å². The van der Waals surface area contributed by atoms with E-state index < -0.39 is 34.0 Å². The predicted molar refractivity (Wildman–Crippen MR) is 126 cm³/mol. The maximum Gasteiger partial charge on any atom is 0.418 e. The highest BCUT2D eigenvalue weighted by Gasteiger charge is 2.34. The number of amides is 1. The molecule has 1 aromatic heterocycles. The Morgan fingerprint density at radius 2 is 1.89 bits per heavy atom. The molecule has 1 heterocycles. The van der Waals surface area contributed by atoms with E-state index >= 15 is 0 Å². The van der Waals surface area contributed by atoms with Crippen molar-refractivity contribution < 1.29 is 32.4 Å². The van der Waals surface area contributed by atoms with Crippen LogP contribution in [0.25, 0.3) is 10.9 Å². The number of aromatic nitrogens is 2. The van der Waals surface area contributed by atoms with E-state index in [0.29, 0.717) is 0 Å². The number of halogens is 4. The summed E-state index contributed by atoms with van der Waals surface area (Å²) < 4.78 is 51.0. The number of carbonyl (C=O) groups excluding carboxylic acids is 1. The average molecular weight is 528 g/mol. The van der Waals surface area contributed by atoms with Crippen LogP contribution in [0.2, 0.25) is 5.02 Å². The number of benzene rings is 2. The summed E-state index contributed by atoms with van der Waals surface area (Å²) in [6, 6.07) is 5.51. The van der Waals surface area contributed by atoms with Crippen LogP contribution in [-0.4, -0.2) is 39.7 Å². The fourth-order valence-electron chi connectivity index (χ4n) is 3.05. The molecule has 1 amide bonds. The maximum absolute atomic E-state index is 13.5. The zero-order valence-electron chi connectivity index (χ0n) is 19.3. The van der Waals surface area contributed by atoms with Crippen molar-refractivity contribution in [3.8, 4) is 5.75 Å². The Hall–Kier alpha value is -3.87. The van der Waals surface area contributed by atoms with Gasteiger partial charge in [0.15, 0.2) is 5.75 Å². The number of nitrogens with one attached hydrogen (secondary N) is 2. The van der Waals surface area contributed by atoms with E-state index in [0.717, 1.165) is 24.5 Å².